The number of aromatic nitrogens is 2. The molecule has 0 amide bonds. The van der Waals surface area contributed by atoms with Gasteiger partial charge in [-0.2, -0.15) is 0 Å². The Balaban J connectivity index is 2.60. The van der Waals surface area contributed by atoms with Gasteiger partial charge in [0.15, 0.2) is 0 Å². The second kappa shape index (κ2) is 5.73. The Labute approximate surface area is 125 Å². The average Bonchev–Trinajstić information content (AvgIpc) is 2.43. The Morgan fingerprint density at radius 1 is 1.25 bits per heavy atom. The van der Waals surface area contributed by atoms with Crippen LogP contribution < -0.4 is 17.0 Å². The van der Waals surface area contributed by atoms with Crippen LogP contribution in [0, 0.1) is 0 Å². The van der Waals surface area contributed by atoms with E-state index >= 15 is 0 Å². The van der Waals surface area contributed by atoms with Crippen molar-refractivity contribution in [2.75, 3.05) is 5.73 Å². The molecule has 0 aliphatic heterocycles. The van der Waals surface area contributed by atoms with E-state index < -0.39 is 11.2 Å². The summed E-state index contributed by atoms with van der Waals surface area (Å²) in [7, 11) is 0. The zero-order valence-electron chi connectivity index (χ0n) is 10.8. The van der Waals surface area contributed by atoms with E-state index in [1.807, 2.05) is 0 Å². The Kier molecular flexibility index (Phi) is 4.20. The molecule has 0 radical (unpaired) electrons. The molecule has 1 heterocycles. The number of halogens is 2. The fraction of sp³-hybridized carbons (Fsp3) is 0.231. The summed E-state index contributed by atoms with van der Waals surface area (Å²) in [5.41, 5.74) is 5.28. The first-order valence-electron chi connectivity index (χ1n) is 5.98. The van der Waals surface area contributed by atoms with Crippen molar-refractivity contribution in [3.05, 3.63) is 60.8 Å². The molecule has 106 valence electrons. The average molecular weight is 314 g/mol. The standard InChI is InChI=1S/C13H13Cl2N3O2/c1-2-17-7-10(16)12(19)18(13(17)20)6-8-4-3-5-9(14)11(8)15/h3-5,7H,2,6,16H2,1H3. The summed E-state index contributed by atoms with van der Waals surface area (Å²) < 4.78 is 2.42. The van der Waals surface area contributed by atoms with E-state index in [0.717, 1.165) is 4.57 Å². The largest absolute Gasteiger partial charge is 0.393 e. The molecule has 0 aliphatic carbocycles. The predicted octanol–water partition coefficient (Wildman–Crippen LogP) is 1.97. The van der Waals surface area contributed by atoms with Gasteiger partial charge in [-0.15, -0.1) is 0 Å². The van der Waals surface area contributed by atoms with Crippen molar-refractivity contribution in [3.8, 4) is 0 Å². The van der Waals surface area contributed by atoms with E-state index in [1.165, 1.54) is 10.8 Å². The van der Waals surface area contributed by atoms with Crippen molar-refractivity contribution in [1.29, 1.82) is 0 Å². The highest BCUT2D eigenvalue weighted by atomic mass is 35.5. The van der Waals surface area contributed by atoms with Gasteiger partial charge in [-0.25, -0.2) is 4.79 Å². The third kappa shape index (κ3) is 2.59. The predicted molar refractivity (Wildman–Crippen MR) is 80.6 cm³/mol. The minimum Gasteiger partial charge on any atom is -0.393 e. The van der Waals surface area contributed by atoms with Gasteiger partial charge in [0, 0.05) is 12.7 Å². The van der Waals surface area contributed by atoms with Crippen LogP contribution in [0.2, 0.25) is 10.0 Å². The maximum Gasteiger partial charge on any atom is 0.331 e. The topological polar surface area (TPSA) is 70.0 Å². The molecule has 2 N–H and O–H groups in total. The summed E-state index contributed by atoms with van der Waals surface area (Å²) in [5.74, 6) is 0. The molecule has 2 rings (SSSR count). The highest BCUT2D eigenvalue weighted by molar-refractivity contribution is 6.42. The Morgan fingerprint density at radius 3 is 2.60 bits per heavy atom. The lowest BCUT2D eigenvalue weighted by Gasteiger charge is -2.11. The molecule has 0 atom stereocenters. The molecule has 5 nitrogen and oxygen atoms in total. The van der Waals surface area contributed by atoms with Gasteiger partial charge < -0.3 is 5.73 Å². The number of hydrogen-bond donors (Lipinski definition) is 1. The van der Waals surface area contributed by atoms with Crippen LogP contribution in [0.1, 0.15) is 12.5 Å². The number of anilines is 1. The lowest BCUT2D eigenvalue weighted by atomic mass is 10.2. The van der Waals surface area contributed by atoms with Crippen LogP contribution in [0.4, 0.5) is 5.69 Å². The van der Waals surface area contributed by atoms with Crippen LogP contribution in [0.5, 0.6) is 0 Å². The van der Waals surface area contributed by atoms with Gasteiger partial charge >= 0.3 is 5.69 Å². The van der Waals surface area contributed by atoms with Crippen LogP contribution in [0.25, 0.3) is 0 Å². The molecular weight excluding hydrogens is 301 g/mol. The molecule has 1 aromatic carbocycles. The molecule has 1 aromatic heterocycles. The van der Waals surface area contributed by atoms with E-state index in [-0.39, 0.29) is 12.2 Å². The number of nitrogens with two attached hydrogens (primary N) is 1. The summed E-state index contributed by atoms with van der Waals surface area (Å²) in [6.07, 6.45) is 1.35. The molecule has 0 bridgehead atoms. The summed E-state index contributed by atoms with van der Waals surface area (Å²) in [5, 5.41) is 0.697. The van der Waals surface area contributed by atoms with E-state index in [4.69, 9.17) is 28.9 Å². The Morgan fingerprint density at radius 2 is 1.95 bits per heavy atom. The summed E-state index contributed by atoms with van der Waals surface area (Å²) in [4.78, 5) is 24.2. The summed E-state index contributed by atoms with van der Waals surface area (Å²) >= 11 is 12.0. The van der Waals surface area contributed by atoms with Gasteiger partial charge in [0.1, 0.15) is 5.69 Å². The van der Waals surface area contributed by atoms with Gasteiger partial charge in [-0.1, -0.05) is 35.3 Å². The smallest absolute Gasteiger partial charge is 0.331 e. The minimum absolute atomic E-state index is 0.0181. The number of rotatable bonds is 3. The van der Waals surface area contributed by atoms with Crippen molar-refractivity contribution >= 4 is 28.9 Å². The lowest BCUT2D eigenvalue weighted by Crippen LogP contribution is -2.40. The second-order valence-electron chi connectivity index (χ2n) is 4.26. The molecular formula is C13H13Cl2N3O2. The first-order valence-corrected chi connectivity index (χ1v) is 6.74. The van der Waals surface area contributed by atoms with Crippen molar-refractivity contribution in [2.24, 2.45) is 0 Å². The van der Waals surface area contributed by atoms with E-state index in [1.54, 1.807) is 25.1 Å². The normalized spacial score (nSPS) is 10.8. The molecule has 0 fully saturated rings. The number of nitrogen functional groups attached to an aromatic ring is 1. The van der Waals surface area contributed by atoms with Crippen molar-refractivity contribution in [1.82, 2.24) is 9.13 Å². The number of benzene rings is 1. The van der Waals surface area contributed by atoms with Crippen LogP contribution in [0.3, 0.4) is 0 Å². The van der Waals surface area contributed by atoms with Crippen molar-refractivity contribution in [3.63, 3.8) is 0 Å². The third-order valence-corrected chi connectivity index (χ3v) is 3.82. The number of hydrogen-bond acceptors (Lipinski definition) is 3. The molecule has 0 unspecified atom stereocenters. The summed E-state index contributed by atoms with van der Waals surface area (Å²) in [6.45, 7) is 2.25. The van der Waals surface area contributed by atoms with Gasteiger partial charge in [-0.05, 0) is 18.6 Å². The minimum atomic E-state index is -0.532. The van der Waals surface area contributed by atoms with E-state index in [0.29, 0.717) is 22.2 Å². The van der Waals surface area contributed by atoms with Crippen LogP contribution in [0.15, 0.2) is 34.0 Å². The lowest BCUT2D eigenvalue weighted by molar-refractivity contribution is 0.603. The Hall–Kier alpha value is -1.72. The first kappa shape index (κ1) is 14.7. The zero-order valence-corrected chi connectivity index (χ0v) is 12.3. The Bertz CT molecular complexity index is 765. The molecule has 0 aliphatic rings. The monoisotopic (exact) mass is 313 g/mol. The van der Waals surface area contributed by atoms with E-state index in [9.17, 15) is 9.59 Å². The van der Waals surface area contributed by atoms with Crippen molar-refractivity contribution < 1.29 is 0 Å². The molecule has 20 heavy (non-hydrogen) atoms. The third-order valence-electron chi connectivity index (χ3n) is 2.96. The van der Waals surface area contributed by atoms with Crippen molar-refractivity contribution in [2.45, 2.75) is 20.0 Å². The fourth-order valence-corrected chi connectivity index (χ4v) is 2.26. The fourth-order valence-electron chi connectivity index (χ4n) is 1.88. The molecule has 0 saturated heterocycles. The van der Waals surface area contributed by atoms with Gasteiger partial charge in [0.2, 0.25) is 0 Å². The number of nitrogens with zero attached hydrogens (tertiary/aromatic N) is 2. The zero-order chi connectivity index (χ0) is 14.9. The number of aryl methyl sites for hydroxylation is 1. The summed E-state index contributed by atoms with van der Waals surface area (Å²) in [6, 6.07) is 5.05. The van der Waals surface area contributed by atoms with Crippen LogP contribution >= 0.6 is 23.2 Å². The SMILES string of the molecule is CCn1cc(N)c(=O)n(Cc2cccc(Cl)c2Cl)c1=O. The first-order chi connectivity index (χ1) is 9.45. The molecule has 0 spiro atoms. The van der Waals surface area contributed by atoms with Crippen LogP contribution in [-0.2, 0) is 13.1 Å². The highest BCUT2D eigenvalue weighted by Gasteiger charge is 2.12. The van der Waals surface area contributed by atoms with Gasteiger partial charge in [0.05, 0.1) is 16.6 Å². The highest BCUT2D eigenvalue weighted by Crippen LogP contribution is 2.25. The molecule has 7 heteroatoms. The van der Waals surface area contributed by atoms with Crippen LogP contribution in [-0.4, -0.2) is 9.13 Å². The molecule has 0 saturated carbocycles. The van der Waals surface area contributed by atoms with Gasteiger partial charge in [0.25, 0.3) is 5.56 Å². The maximum atomic E-state index is 12.2. The van der Waals surface area contributed by atoms with E-state index in [2.05, 4.69) is 0 Å². The second-order valence-corrected chi connectivity index (χ2v) is 5.04. The molecule has 2 aromatic rings. The maximum absolute atomic E-state index is 12.2. The quantitative estimate of drug-likeness (QED) is 0.941. The van der Waals surface area contributed by atoms with Gasteiger partial charge in [-0.3, -0.25) is 13.9 Å².